The minimum atomic E-state index is -0.0357. The second kappa shape index (κ2) is 6.48. The first-order chi connectivity index (χ1) is 10.2. The molecule has 114 valence electrons. The van der Waals surface area contributed by atoms with Crippen molar-refractivity contribution in [1.82, 2.24) is 15.5 Å². The van der Waals surface area contributed by atoms with E-state index in [-0.39, 0.29) is 6.03 Å². The lowest BCUT2D eigenvalue weighted by Crippen LogP contribution is -2.56. The highest BCUT2D eigenvalue weighted by Gasteiger charge is 2.36. The summed E-state index contributed by atoms with van der Waals surface area (Å²) in [4.78, 5) is 14.6. The van der Waals surface area contributed by atoms with Gasteiger partial charge in [0.1, 0.15) is 0 Å². The zero-order chi connectivity index (χ0) is 14.7. The zero-order valence-corrected chi connectivity index (χ0v) is 12.7. The number of urea groups is 1. The Morgan fingerprint density at radius 1 is 1.19 bits per heavy atom. The SMILES string of the molecule is CN1C2CCCC1CC(NC(=O)NCc1ccccc1)C2. The fourth-order valence-corrected chi connectivity index (χ4v) is 3.75. The van der Waals surface area contributed by atoms with Gasteiger partial charge in [0.2, 0.25) is 0 Å². The molecule has 2 atom stereocenters. The van der Waals surface area contributed by atoms with E-state index < -0.39 is 0 Å². The van der Waals surface area contributed by atoms with E-state index in [1.807, 2.05) is 30.3 Å². The van der Waals surface area contributed by atoms with Gasteiger partial charge >= 0.3 is 6.03 Å². The molecule has 0 saturated carbocycles. The van der Waals surface area contributed by atoms with Crippen LogP contribution in [0.15, 0.2) is 30.3 Å². The van der Waals surface area contributed by atoms with E-state index in [4.69, 9.17) is 0 Å². The molecule has 2 aliphatic heterocycles. The number of carbonyl (C=O) groups is 1. The molecule has 1 aromatic rings. The molecule has 0 aliphatic carbocycles. The normalized spacial score (nSPS) is 28.9. The minimum absolute atomic E-state index is 0.0357. The Hall–Kier alpha value is -1.55. The Morgan fingerprint density at radius 3 is 2.52 bits per heavy atom. The molecule has 0 aromatic heterocycles. The van der Waals surface area contributed by atoms with E-state index in [0.29, 0.717) is 24.7 Å². The number of nitrogens with one attached hydrogen (secondary N) is 2. The van der Waals surface area contributed by atoms with Crippen molar-refractivity contribution in [2.24, 2.45) is 0 Å². The van der Waals surface area contributed by atoms with Crippen LogP contribution in [0.5, 0.6) is 0 Å². The maximum Gasteiger partial charge on any atom is 0.315 e. The summed E-state index contributed by atoms with van der Waals surface area (Å²) in [5.74, 6) is 0. The summed E-state index contributed by atoms with van der Waals surface area (Å²) in [5, 5.41) is 6.12. The summed E-state index contributed by atoms with van der Waals surface area (Å²) in [7, 11) is 2.24. The van der Waals surface area contributed by atoms with Gasteiger partial charge in [0.25, 0.3) is 0 Å². The van der Waals surface area contributed by atoms with Gasteiger partial charge in [-0.2, -0.15) is 0 Å². The molecule has 4 heteroatoms. The number of fused-ring (bicyclic) bond motifs is 2. The van der Waals surface area contributed by atoms with Gasteiger partial charge < -0.3 is 15.5 Å². The summed E-state index contributed by atoms with van der Waals surface area (Å²) in [6.45, 7) is 0.589. The average molecular weight is 287 g/mol. The average Bonchev–Trinajstić information content (AvgIpc) is 2.47. The van der Waals surface area contributed by atoms with E-state index in [1.165, 1.54) is 19.3 Å². The molecular weight excluding hydrogens is 262 g/mol. The van der Waals surface area contributed by atoms with Crippen LogP contribution in [0.1, 0.15) is 37.7 Å². The van der Waals surface area contributed by atoms with Gasteiger partial charge in [0, 0.05) is 24.7 Å². The van der Waals surface area contributed by atoms with Gasteiger partial charge in [-0.1, -0.05) is 36.8 Å². The lowest BCUT2D eigenvalue weighted by atomic mass is 9.82. The fourth-order valence-electron chi connectivity index (χ4n) is 3.75. The third-order valence-corrected chi connectivity index (χ3v) is 4.97. The van der Waals surface area contributed by atoms with Crippen molar-refractivity contribution in [2.75, 3.05) is 7.05 Å². The monoisotopic (exact) mass is 287 g/mol. The fraction of sp³-hybridized carbons (Fsp3) is 0.588. The Bertz CT molecular complexity index is 462. The van der Waals surface area contributed by atoms with Crippen LogP contribution in [-0.2, 0) is 6.54 Å². The quantitative estimate of drug-likeness (QED) is 0.897. The summed E-state index contributed by atoms with van der Waals surface area (Å²) < 4.78 is 0. The summed E-state index contributed by atoms with van der Waals surface area (Å²) in [6.07, 6.45) is 6.07. The van der Waals surface area contributed by atoms with Gasteiger partial charge in [0.05, 0.1) is 0 Å². The first-order valence-electron chi connectivity index (χ1n) is 8.02. The summed E-state index contributed by atoms with van der Waals surface area (Å²) in [5.41, 5.74) is 1.13. The van der Waals surface area contributed by atoms with Crippen LogP contribution >= 0.6 is 0 Å². The topological polar surface area (TPSA) is 44.4 Å². The van der Waals surface area contributed by atoms with Gasteiger partial charge in [-0.15, -0.1) is 0 Å². The highest BCUT2D eigenvalue weighted by Crippen LogP contribution is 2.32. The molecule has 0 spiro atoms. The van der Waals surface area contributed by atoms with Gasteiger partial charge in [-0.25, -0.2) is 4.79 Å². The van der Waals surface area contributed by atoms with Crippen LogP contribution in [0.2, 0.25) is 0 Å². The highest BCUT2D eigenvalue weighted by molar-refractivity contribution is 5.74. The molecule has 21 heavy (non-hydrogen) atoms. The van der Waals surface area contributed by atoms with Crippen LogP contribution in [0.4, 0.5) is 4.79 Å². The molecule has 1 aromatic carbocycles. The van der Waals surface area contributed by atoms with Gasteiger partial charge in [-0.05, 0) is 38.3 Å². The maximum atomic E-state index is 12.0. The number of amides is 2. The van der Waals surface area contributed by atoms with Crippen molar-refractivity contribution in [3.8, 4) is 0 Å². The van der Waals surface area contributed by atoms with Crippen molar-refractivity contribution in [2.45, 2.75) is 56.8 Å². The van der Waals surface area contributed by atoms with Crippen molar-refractivity contribution in [3.05, 3.63) is 35.9 Å². The third kappa shape index (κ3) is 3.56. The van der Waals surface area contributed by atoms with E-state index in [9.17, 15) is 4.79 Å². The molecule has 4 nitrogen and oxygen atoms in total. The van der Waals surface area contributed by atoms with Crippen LogP contribution in [0.25, 0.3) is 0 Å². The lowest BCUT2D eigenvalue weighted by molar-refractivity contribution is 0.0509. The first kappa shape index (κ1) is 14.4. The maximum absolute atomic E-state index is 12.0. The smallest absolute Gasteiger partial charge is 0.315 e. The summed E-state index contributed by atoms with van der Waals surface area (Å²) in [6, 6.07) is 11.6. The Balaban J connectivity index is 1.47. The molecule has 0 radical (unpaired) electrons. The molecule has 3 rings (SSSR count). The Kier molecular flexibility index (Phi) is 4.44. The molecule has 2 saturated heterocycles. The largest absolute Gasteiger partial charge is 0.335 e. The van der Waals surface area contributed by atoms with E-state index >= 15 is 0 Å². The predicted octanol–water partition coefficient (Wildman–Crippen LogP) is 2.50. The standard InChI is InChI=1S/C17H25N3O/c1-20-15-8-5-9-16(20)11-14(10-15)19-17(21)18-12-13-6-3-2-4-7-13/h2-4,6-7,14-16H,5,8-12H2,1H3,(H2,18,19,21). The molecule has 2 fully saturated rings. The number of piperidine rings is 2. The Labute approximate surface area is 126 Å². The first-order valence-corrected chi connectivity index (χ1v) is 8.02. The highest BCUT2D eigenvalue weighted by atomic mass is 16.2. The van der Waals surface area contributed by atoms with Crippen molar-refractivity contribution < 1.29 is 4.79 Å². The van der Waals surface area contributed by atoms with E-state index in [0.717, 1.165) is 18.4 Å². The number of benzene rings is 1. The number of hydrogen-bond acceptors (Lipinski definition) is 2. The molecule has 2 N–H and O–H groups in total. The van der Waals surface area contributed by atoms with Crippen LogP contribution in [0, 0.1) is 0 Å². The van der Waals surface area contributed by atoms with Gasteiger partial charge in [0.15, 0.2) is 0 Å². The molecular formula is C17H25N3O. The van der Waals surface area contributed by atoms with Crippen LogP contribution < -0.4 is 10.6 Å². The number of rotatable bonds is 3. The van der Waals surface area contributed by atoms with Crippen molar-refractivity contribution >= 4 is 6.03 Å². The molecule has 2 heterocycles. The van der Waals surface area contributed by atoms with Gasteiger partial charge in [-0.3, -0.25) is 0 Å². The number of hydrogen-bond donors (Lipinski definition) is 2. The van der Waals surface area contributed by atoms with E-state index in [2.05, 4.69) is 22.6 Å². The predicted molar refractivity (Wildman–Crippen MR) is 84.0 cm³/mol. The molecule has 2 amide bonds. The second-order valence-corrected chi connectivity index (χ2v) is 6.38. The Morgan fingerprint density at radius 2 is 1.86 bits per heavy atom. The zero-order valence-electron chi connectivity index (χ0n) is 12.7. The number of nitrogens with zero attached hydrogens (tertiary/aromatic N) is 1. The molecule has 2 bridgehead atoms. The second-order valence-electron chi connectivity index (χ2n) is 6.38. The van der Waals surface area contributed by atoms with Crippen molar-refractivity contribution in [1.29, 1.82) is 0 Å². The third-order valence-electron chi connectivity index (χ3n) is 4.97. The van der Waals surface area contributed by atoms with E-state index in [1.54, 1.807) is 0 Å². The van der Waals surface area contributed by atoms with Crippen LogP contribution in [-0.4, -0.2) is 36.1 Å². The molecule has 2 aliphatic rings. The summed E-state index contributed by atoms with van der Waals surface area (Å²) >= 11 is 0. The van der Waals surface area contributed by atoms with Crippen LogP contribution in [0.3, 0.4) is 0 Å². The minimum Gasteiger partial charge on any atom is -0.335 e. The number of carbonyl (C=O) groups excluding carboxylic acids is 1. The molecule has 2 unspecified atom stereocenters. The van der Waals surface area contributed by atoms with Crippen molar-refractivity contribution in [3.63, 3.8) is 0 Å². The lowest BCUT2D eigenvalue weighted by Gasteiger charge is -2.47.